The Bertz CT molecular complexity index is 966. The van der Waals surface area contributed by atoms with Crippen LogP contribution in [-0.2, 0) is 0 Å². The molecule has 0 saturated carbocycles. The highest BCUT2D eigenvalue weighted by Gasteiger charge is 2.21. The highest BCUT2D eigenvalue weighted by molar-refractivity contribution is 6.00. The second kappa shape index (κ2) is 7.12. The maximum absolute atomic E-state index is 9.67. The second-order valence-corrected chi connectivity index (χ2v) is 6.46. The molecular formula is C21H19N3O2. The molecule has 2 heterocycles. The molecule has 26 heavy (non-hydrogen) atoms. The van der Waals surface area contributed by atoms with Gasteiger partial charge in [-0.25, -0.2) is 4.98 Å². The van der Waals surface area contributed by atoms with Gasteiger partial charge in [0.25, 0.3) is 0 Å². The number of nitrogens with zero attached hydrogens (tertiary/aromatic N) is 3. The monoisotopic (exact) mass is 345 g/mol. The molecule has 1 N–H and O–H groups in total. The van der Waals surface area contributed by atoms with Crippen LogP contribution in [0.15, 0.2) is 54.6 Å². The molecule has 1 atom stereocenters. The molecule has 5 nitrogen and oxygen atoms in total. The van der Waals surface area contributed by atoms with E-state index in [0.717, 1.165) is 34.9 Å². The Morgan fingerprint density at radius 1 is 1.12 bits per heavy atom. The van der Waals surface area contributed by atoms with Crippen LogP contribution in [0.2, 0.25) is 0 Å². The molecular weight excluding hydrogens is 326 g/mol. The van der Waals surface area contributed by atoms with Crippen LogP contribution in [0.5, 0.6) is 5.88 Å². The molecule has 1 saturated heterocycles. The molecule has 4 rings (SSSR count). The van der Waals surface area contributed by atoms with Gasteiger partial charge in [0.1, 0.15) is 12.8 Å². The SMILES string of the molecule is N#Cc1nc(OCN2CC[C@H](O)C2)c2ccccc2c1-c1ccccc1. The number of aliphatic hydroxyl groups excluding tert-OH is 1. The van der Waals surface area contributed by atoms with E-state index in [9.17, 15) is 10.4 Å². The van der Waals surface area contributed by atoms with Crippen LogP contribution in [-0.4, -0.2) is 40.9 Å². The zero-order chi connectivity index (χ0) is 17.9. The highest BCUT2D eigenvalue weighted by Crippen LogP contribution is 2.35. The van der Waals surface area contributed by atoms with Crippen LogP contribution in [0.4, 0.5) is 0 Å². The number of ether oxygens (including phenoxy) is 1. The zero-order valence-electron chi connectivity index (χ0n) is 14.3. The number of fused-ring (bicyclic) bond motifs is 1. The molecule has 130 valence electrons. The van der Waals surface area contributed by atoms with Crippen molar-refractivity contribution in [3.05, 3.63) is 60.3 Å². The average molecular weight is 345 g/mol. The van der Waals surface area contributed by atoms with Crippen LogP contribution in [0, 0.1) is 11.3 Å². The minimum Gasteiger partial charge on any atom is -0.461 e. The number of rotatable bonds is 4. The van der Waals surface area contributed by atoms with E-state index < -0.39 is 0 Å². The van der Waals surface area contributed by atoms with Crippen molar-refractivity contribution in [2.45, 2.75) is 12.5 Å². The van der Waals surface area contributed by atoms with Gasteiger partial charge in [-0.15, -0.1) is 0 Å². The third-order valence-electron chi connectivity index (χ3n) is 4.68. The van der Waals surface area contributed by atoms with Crippen molar-refractivity contribution >= 4 is 10.8 Å². The first-order valence-electron chi connectivity index (χ1n) is 8.68. The lowest BCUT2D eigenvalue weighted by molar-refractivity contribution is 0.121. The molecule has 0 bridgehead atoms. The third kappa shape index (κ3) is 3.13. The summed E-state index contributed by atoms with van der Waals surface area (Å²) in [7, 11) is 0. The van der Waals surface area contributed by atoms with Gasteiger partial charge in [0.2, 0.25) is 5.88 Å². The normalized spacial score (nSPS) is 17.3. The molecule has 3 aromatic rings. The maximum atomic E-state index is 9.67. The maximum Gasteiger partial charge on any atom is 0.223 e. The topological polar surface area (TPSA) is 69.4 Å². The van der Waals surface area contributed by atoms with Crippen LogP contribution in [0.25, 0.3) is 21.9 Å². The van der Waals surface area contributed by atoms with Crippen molar-refractivity contribution in [1.29, 1.82) is 5.26 Å². The summed E-state index contributed by atoms with van der Waals surface area (Å²) in [5, 5.41) is 21.1. The van der Waals surface area contributed by atoms with Crippen molar-refractivity contribution < 1.29 is 9.84 Å². The van der Waals surface area contributed by atoms with Crippen LogP contribution in [0.1, 0.15) is 12.1 Å². The quantitative estimate of drug-likeness (QED) is 0.786. The molecule has 2 aromatic carbocycles. The molecule has 0 unspecified atom stereocenters. The summed E-state index contributed by atoms with van der Waals surface area (Å²) in [5.41, 5.74) is 2.14. The molecule has 1 aliphatic heterocycles. The van der Waals surface area contributed by atoms with Crippen molar-refractivity contribution in [2.24, 2.45) is 0 Å². The zero-order valence-corrected chi connectivity index (χ0v) is 14.3. The van der Waals surface area contributed by atoms with Gasteiger partial charge in [0, 0.05) is 24.0 Å². The van der Waals surface area contributed by atoms with Gasteiger partial charge in [0.05, 0.1) is 6.10 Å². The predicted molar refractivity (Wildman–Crippen MR) is 99.6 cm³/mol. The lowest BCUT2D eigenvalue weighted by atomic mass is 9.97. The fourth-order valence-corrected chi connectivity index (χ4v) is 3.40. The smallest absolute Gasteiger partial charge is 0.223 e. The molecule has 0 amide bonds. The molecule has 0 spiro atoms. The minimum atomic E-state index is -0.293. The van der Waals surface area contributed by atoms with Crippen molar-refractivity contribution in [1.82, 2.24) is 9.88 Å². The van der Waals surface area contributed by atoms with Gasteiger partial charge < -0.3 is 9.84 Å². The van der Waals surface area contributed by atoms with E-state index in [4.69, 9.17) is 4.74 Å². The van der Waals surface area contributed by atoms with Crippen LogP contribution >= 0.6 is 0 Å². The Kier molecular flexibility index (Phi) is 4.53. The Hall–Kier alpha value is -2.94. The van der Waals surface area contributed by atoms with Crippen molar-refractivity contribution in [2.75, 3.05) is 19.8 Å². The number of benzene rings is 2. The number of aliphatic hydroxyl groups is 1. The van der Waals surface area contributed by atoms with Crippen molar-refractivity contribution in [3.63, 3.8) is 0 Å². The fourth-order valence-electron chi connectivity index (χ4n) is 3.40. The summed E-state index contributed by atoms with van der Waals surface area (Å²) in [5.74, 6) is 0.457. The standard InChI is InChI=1S/C21H19N3O2/c22-12-19-20(15-6-2-1-3-7-15)17-8-4-5-9-18(17)21(23-19)26-14-24-11-10-16(25)13-24/h1-9,16,25H,10-11,13-14H2/t16-/m0/s1. The highest BCUT2D eigenvalue weighted by atomic mass is 16.5. The average Bonchev–Trinajstić information content (AvgIpc) is 3.11. The largest absolute Gasteiger partial charge is 0.461 e. The number of hydrogen-bond donors (Lipinski definition) is 1. The summed E-state index contributed by atoms with van der Waals surface area (Å²) in [6.07, 6.45) is 0.465. The number of pyridine rings is 1. The van der Waals surface area contributed by atoms with Crippen LogP contribution in [0.3, 0.4) is 0 Å². The predicted octanol–water partition coefficient (Wildman–Crippen LogP) is 3.18. The summed E-state index contributed by atoms with van der Waals surface area (Å²) in [6.45, 7) is 1.75. The lowest BCUT2D eigenvalue weighted by Crippen LogP contribution is -2.27. The number of aromatic nitrogens is 1. The number of nitriles is 1. The van der Waals surface area contributed by atoms with Crippen molar-refractivity contribution in [3.8, 4) is 23.1 Å². The van der Waals surface area contributed by atoms with E-state index in [1.54, 1.807) is 0 Å². The van der Waals surface area contributed by atoms with Gasteiger partial charge in [0.15, 0.2) is 5.69 Å². The van der Waals surface area contributed by atoms with Gasteiger partial charge in [-0.2, -0.15) is 5.26 Å². The third-order valence-corrected chi connectivity index (χ3v) is 4.68. The summed E-state index contributed by atoms with van der Waals surface area (Å²) >= 11 is 0. The van der Waals surface area contributed by atoms with E-state index in [0.29, 0.717) is 24.8 Å². The summed E-state index contributed by atoms with van der Waals surface area (Å²) < 4.78 is 5.94. The number of likely N-dealkylation sites (tertiary alicyclic amines) is 1. The summed E-state index contributed by atoms with van der Waals surface area (Å²) in [6, 6.07) is 19.9. The Labute approximate surface area is 152 Å². The summed E-state index contributed by atoms with van der Waals surface area (Å²) in [4.78, 5) is 6.54. The first-order chi connectivity index (χ1) is 12.8. The number of hydrogen-bond acceptors (Lipinski definition) is 5. The Morgan fingerprint density at radius 2 is 1.85 bits per heavy atom. The Balaban J connectivity index is 1.77. The molecule has 1 aliphatic rings. The lowest BCUT2D eigenvalue weighted by Gasteiger charge is -2.18. The molecule has 1 aromatic heterocycles. The first kappa shape index (κ1) is 16.5. The van der Waals surface area contributed by atoms with Gasteiger partial charge in [-0.3, -0.25) is 4.90 Å². The second-order valence-electron chi connectivity index (χ2n) is 6.46. The van der Waals surface area contributed by atoms with E-state index in [1.807, 2.05) is 59.5 Å². The van der Waals surface area contributed by atoms with Crippen LogP contribution < -0.4 is 4.74 Å². The van der Waals surface area contributed by atoms with E-state index >= 15 is 0 Å². The minimum absolute atomic E-state index is 0.293. The van der Waals surface area contributed by atoms with E-state index in [2.05, 4.69) is 11.1 Å². The first-order valence-corrected chi connectivity index (χ1v) is 8.68. The fraction of sp³-hybridized carbons (Fsp3) is 0.238. The van der Waals surface area contributed by atoms with E-state index in [-0.39, 0.29) is 6.10 Å². The molecule has 5 heteroatoms. The van der Waals surface area contributed by atoms with E-state index in [1.165, 1.54) is 0 Å². The molecule has 0 aliphatic carbocycles. The van der Waals surface area contributed by atoms with Gasteiger partial charge >= 0.3 is 0 Å². The van der Waals surface area contributed by atoms with Gasteiger partial charge in [-0.1, -0.05) is 48.5 Å². The Morgan fingerprint density at radius 3 is 2.54 bits per heavy atom. The molecule has 1 fully saturated rings. The number of β-amino-alcohol motifs (C(OH)–C–C–N with tert-alkyl or cyclic N) is 1. The molecule has 0 radical (unpaired) electrons. The van der Waals surface area contributed by atoms with Gasteiger partial charge in [-0.05, 0) is 23.4 Å².